The summed E-state index contributed by atoms with van der Waals surface area (Å²) in [6.45, 7) is 6.82. The van der Waals surface area contributed by atoms with Crippen LogP contribution in [-0.2, 0) is 0 Å². The third kappa shape index (κ3) is 5.41. The van der Waals surface area contributed by atoms with Gasteiger partial charge in [0.25, 0.3) is 5.91 Å². The molecule has 0 spiro atoms. The highest BCUT2D eigenvalue weighted by molar-refractivity contribution is 5.94. The molecule has 0 N–H and O–H groups in total. The minimum absolute atomic E-state index is 0.0342. The van der Waals surface area contributed by atoms with E-state index in [-0.39, 0.29) is 12.0 Å². The second-order valence-corrected chi connectivity index (χ2v) is 6.42. The highest BCUT2D eigenvalue weighted by Crippen LogP contribution is 2.29. The van der Waals surface area contributed by atoms with E-state index in [1.165, 1.54) is 0 Å². The number of hydrogen-bond donors (Lipinski definition) is 0. The van der Waals surface area contributed by atoms with Crippen LogP contribution in [0.1, 0.15) is 29.8 Å². The highest BCUT2D eigenvalue weighted by atomic mass is 16.5. The number of ether oxygens (including phenoxy) is 3. The Morgan fingerprint density at radius 3 is 2.54 bits per heavy atom. The summed E-state index contributed by atoms with van der Waals surface area (Å²) in [5.74, 6) is 1.90. The maximum atomic E-state index is 12.6. The molecule has 0 aromatic heterocycles. The van der Waals surface area contributed by atoms with Crippen LogP contribution in [0, 0.1) is 6.92 Å². The molecule has 0 heterocycles. The molecule has 140 valence electrons. The van der Waals surface area contributed by atoms with Gasteiger partial charge in [0.1, 0.15) is 12.4 Å². The molecule has 0 aliphatic carbocycles. The van der Waals surface area contributed by atoms with Crippen molar-refractivity contribution in [1.29, 1.82) is 0 Å². The molecule has 0 atom stereocenters. The fourth-order valence-corrected chi connectivity index (χ4v) is 2.48. The van der Waals surface area contributed by atoms with E-state index in [1.807, 2.05) is 45.0 Å². The Balaban J connectivity index is 1.96. The second-order valence-electron chi connectivity index (χ2n) is 6.42. The summed E-state index contributed by atoms with van der Waals surface area (Å²) < 4.78 is 16.7. The maximum absolute atomic E-state index is 12.6. The van der Waals surface area contributed by atoms with Gasteiger partial charge >= 0.3 is 0 Å². The van der Waals surface area contributed by atoms with Gasteiger partial charge < -0.3 is 19.1 Å². The molecule has 26 heavy (non-hydrogen) atoms. The van der Waals surface area contributed by atoms with E-state index >= 15 is 0 Å². The van der Waals surface area contributed by atoms with Crippen LogP contribution in [0.25, 0.3) is 0 Å². The minimum Gasteiger partial charge on any atom is -0.493 e. The zero-order valence-corrected chi connectivity index (χ0v) is 16.1. The van der Waals surface area contributed by atoms with Crippen LogP contribution < -0.4 is 14.2 Å². The van der Waals surface area contributed by atoms with Gasteiger partial charge in [-0.25, -0.2) is 0 Å². The third-order valence-electron chi connectivity index (χ3n) is 3.80. The fraction of sp³-hybridized carbons (Fsp3) is 0.381. The number of amides is 1. The van der Waals surface area contributed by atoms with Gasteiger partial charge in [0.05, 0.1) is 19.8 Å². The van der Waals surface area contributed by atoms with Crippen molar-refractivity contribution >= 4 is 5.91 Å². The van der Waals surface area contributed by atoms with Crippen LogP contribution in [0.5, 0.6) is 17.2 Å². The van der Waals surface area contributed by atoms with E-state index in [0.29, 0.717) is 30.2 Å². The van der Waals surface area contributed by atoms with E-state index in [0.717, 1.165) is 11.3 Å². The molecule has 5 heteroatoms. The first-order chi connectivity index (χ1) is 12.4. The molecular weight excluding hydrogens is 330 g/mol. The first-order valence-electron chi connectivity index (χ1n) is 8.70. The van der Waals surface area contributed by atoms with Gasteiger partial charge in [-0.15, -0.1) is 0 Å². The van der Waals surface area contributed by atoms with Crippen LogP contribution in [0.2, 0.25) is 0 Å². The molecule has 2 aromatic carbocycles. The van der Waals surface area contributed by atoms with Gasteiger partial charge in [-0.3, -0.25) is 4.79 Å². The zero-order chi connectivity index (χ0) is 19.1. The standard InChI is InChI=1S/C21H27NO4/c1-15(2)26-19-10-9-17(14-20(19)24-5)21(23)22(4)11-12-25-18-8-6-7-16(3)13-18/h6-10,13-15H,11-12H2,1-5H3. The largest absolute Gasteiger partial charge is 0.493 e. The van der Waals surface area contributed by atoms with Crippen LogP contribution in [0.3, 0.4) is 0 Å². The Morgan fingerprint density at radius 1 is 1.12 bits per heavy atom. The third-order valence-corrected chi connectivity index (χ3v) is 3.80. The van der Waals surface area contributed by atoms with E-state index in [9.17, 15) is 4.79 Å². The quantitative estimate of drug-likeness (QED) is 0.718. The van der Waals surface area contributed by atoms with Crippen molar-refractivity contribution in [2.75, 3.05) is 27.3 Å². The summed E-state index contributed by atoms with van der Waals surface area (Å²) in [6, 6.07) is 13.1. The lowest BCUT2D eigenvalue weighted by Gasteiger charge is -2.19. The summed E-state index contributed by atoms with van der Waals surface area (Å²) in [4.78, 5) is 14.2. The molecule has 1 amide bonds. The number of aryl methyl sites for hydroxylation is 1. The SMILES string of the molecule is COc1cc(C(=O)N(C)CCOc2cccc(C)c2)ccc1OC(C)C. The number of likely N-dealkylation sites (N-methyl/N-ethyl adjacent to an activating group) is 1. The van der Waals surface area contributed by atoms with Gasteiger partial charge in [-0.1, -0.05) is 12.1 Å². The van der Waals surface area contributed by atoms with Crippen LogP contribution in [0.15, 0.2) is 42.5 Å². The molecule has 2 rings (SSSR count). The average molecular weight is 357 g/mol. The summed E-state index contributed by atoms with van der Waals surface area (Å²) in [6.07, 6.45) is 0.0342. The Labute approximate surface area is 155 Å². The predicted octanol–water partition coefficient (Wildman–Crippen LogP) is 3.94. The van der Waals surface area contributed by atoms with E-state index in [1.54, 1.807) is 37.3 Å². The van der Waals surface area contributed by atoms with Crippen molar-refractivity contribution in [2.45, 2.75) is 26.9 Å². The fourth-order valence-electron chi connectivity index (χ4n) is 2.48. The molecule has 0 unspecified atom stereocenters. The molecule has 0 fully saturated rings. The summed E-state index contributed by atoms with van der Waals surface area (Å²) in [7, 11) is 3.32. The molecular formula is C21H27NO4. The van der Waals surface area contributed by atoms with Crippen molar-refractivity contribution < 1.29 is 19.0 Å². The van der Waals surface area contributed by atoms with E-state index < -0.39 is 0 Å². The maximum Gasteiger partial charge on any atom is 0.253 e. The molecule has 2 aromatic rings. The van der Waals surface area contributed by atoms with Crippen molar-refractivity contribution in [1.82, 2.24) is 4.90 Å². The van der Waals surface area contributed by atoms with Gasteiger partial charge in [0.2, 0.25) is 0 Å². The van der Waals surface area contributed by atoms with E-state index in [4.69, 9.17) is 14.2 Å². The molecule has 0 radical (unpaired) electrons. The summed E-state index contributed by atoms with van der Waals surface area (Å²) in [5.41, 5.74) is 1.69. The lowest BCUT2D eigenvalue weighted by molar-refractivity contribution is 0.0773. The predicted molar refractivity (Wildman–Crippen MR) is 102 cm³/mol. The second kappa shape index (κ2) is 9.13. The van der Waals surface area contributed by atoms with Gasteiger partial charge in [-0.05, 0) is 56.7 Å². The van der Waals surface area contributed by atoms with Crippen molar-refractivity contribution in [3.8, 4) is 17.2 Å². The van der Waals surface area contributed by atoms with Gasteiger partial charge in [0, 0.05) is 12.6 Å². The molecule has 0 aliphatic heterocycles. The van der Waals surface area contributed by atoms with Gasteiger partial charge in [-0.2, -0.15) is 0 Å². The number of nitrogens with zero attached hydrogens (tertiary/aromatic N) is 1. The molecule has 5 nitrogen and oxygen atoms in total. The first-order valence-corrected chi connectivity index (χ1v) is 8.70. The number of hydrogen-bond acceptors (Lipinski definition) is 4. The normalized spacial score (nSPS) is 10.5. The monoisotopic (exact) mass is 357 g/mol. The van der Waals surface area contributed by atoms with Crippen LogP contribution in [0.4, 0.5) is 0 Å². The van der Waals surface area contributed by atoms with E-state index in [2.05, 4.69) is 0 Å². The van der Waals surface area contributed by atoms with Gasteiger partial charge in [0.15, 0.2) is 11.5 Å². The van der Waals surface area contributed by atoms with Crippen molar-refractivity contribution in [2.24, 2.45) is 0 Å². The Bertz CT molecular complexity index is 743. The summed E-state index contributed by atoms with van der Waals surface area (Å²) >= 11 is 0. The topological polar surface area (TPSA) is 48.0 Å². The number of rotatable bonds is 8. The first kappa shape index (κ1) is 19.6. The Kier molecular flexibility index (Phi) is 6.89. The smallest absolute Gasteiger partial charge is 0.253 e. The molecule has 0 bridgehead atoms. The number of carbonyl (C=O) groups is 1. The Morgan fingerprint density at radius 2 is 1.88 bits per heavy atom. The average Bonchev–Trinajstić information content (AvgIpc) is 2.61. The number of methoxy groups -OCH3 is 1. The lowest BCUT2D eigenvalue weighted by atomic mass is 10.1. The zero-order valence-electron chi connectivity index (χ0n) is 16.1. The lowest BCUT2D eigenvalue weighted by Crippen LogP contribution is -2.30. The summed E-state index contributed by atoms with van der Waals surface area (Å²) in [5, 5.41) is 0. The van der Waals surface area contributed by atoms with Crippen LogP contribution in [-0.4, -0.2) is 44.2 Å². The molecule has 0 saturated carbocycles. The molecule has 0 saturated heterocycles. The Hall–Kier alpha value is -2.69. The van der Waals surface area contributed by atoms with Crippen molar-refractivity contribution in [3.63, 3.8) is 0 Å². The highest BCUT2D eigenvalue weighted by Gasteiger charge is 2.15. The minimum atomic E-state index is -0.0905. The molecule has 0 aliphatic rings. The van der Waals surface area contributed by atoms with Crippen LogP contribution >= 0.6 is 0 Å². The number of carbonyl (C=O) groups excluding carboxylic acids is 1. The number of benzene rings is 2. The van der Waals surface area contributed by atoms with Crippen molar-refractivity contribution in [3.05, 3.63) is 53.6 Å².